The Bertz CT molecular complexity index is 465. The fraction of sp³-hybridized carbons (Fsp3) is 0.467. The second kappa shape index (κ2) is 11.0. The van der Waals surface area contributed by atoms with Crippen LogP contribution in [0.3, 0.4) is 0 Å². The van der Waals surface area contributed by atoms with Crippen molar-refractivity contribution in [3.8, 4) is 0 Å². The third kappa shape index (κ3) is 8.61. The third-order valence-electron chi connectivity index (χ3n) is 2.71. The van der Waals surface area contributed by atoms with Crippen LogP contribution in [0.4, 0.5) is 0 Å². The van der Waals surface area contributed by atoms with Crippen LogP contribution >= 0.6 is 11.6 Å². The minimum Gasteiger partial charge on any atom is -0.382 e. The van der Waals surface area contributed by atoms with Crippen LogP contribution < -0.4 is 10.6 Å². The number of nitrogens with one attached hydrogen (secondary N) is 2. The molecule has 0 aliphatic heterocycles. The van der Waals surface area contributed by atoms with Crippen LogP contribution in [0.2, 0.25) is 5.02 Å². The van der Waals surface area contributed by atoms with Gasteiger partial charge >= 0.3 is 0 Å². The lowest BCUT2D eigenvalue weighted by molar-refractivity contribution is -0.126. The molecule has 0 saturated carbocycles. The molecule has 0 heterocycles. The average Bonchev–Trinajstić information content (AvgIpc) is 2.50. The summed E-state index contributed by atoms with van der Waals surface area (Å²) in [5.74, 6) is -0.323. The highest BCUT2D eigenvalue weighted by Gasteiger charge is 2.04. The second-order valence-corrected chi connectivity index (χ2v) is 4.98. The molecular weight excluding hydrogens is 308 g/mol. The summed E-state index contributed by atoms with van der Waals surface area (Å²) in [6.45, 7) is 1.55. The molecule has 0 aromatic heterocycles. The van der Waals surface area contributed by atoms with Gasteiger partial charge in [0.1, 0.15) is 6.61 Å². The van der Waals surface area contributed by atoms with Gasteiger partial charge < -0.3 is 20.1 Å². The first kappa shape index (κ1) is 18.4. The first-order chi connectivity index (χ1) is 10.6. The molecule has 1 aromatic carbocycles. The molecule has 0 radical (unpaired) electrons. The molecule has 0 fully saturated rings. The Morgan fingerprint density at radius 3 is 2.32 bits per heavy atom. The number of benzene rings is 1. The predicted octanol–water partition coefficient (Wildman–Crippen LogP) is 0.778. The first-order valence-corrected chi connectivity index (χ1v) is 7.34. The largest absolute Gasteiger partial charge is 0.382 e. The summed E-state index contributed by atoms with van der Waals surface area (Å²) in [5, 5.41) is 6.02. The molecule has 0 spiro atoms. The Morgan fingerprint density at radius 2 is 1.68 bits per heavy atom. The molecule has 0 unspecified atom stereocenters. The topological polar surface area (TPSA) is 76.7 Å². The highest BCUT2D eigenvalue weighted by atomic mass is 35.5. The highest BCUT2D eigenvalue weighted by Crippen LogP contribution is 2.09. The zero-order valence-corrected chi connectivity index (χ0v) is 13.3. The second-order valence-electron chi connectivity index (χ2n) is 4.55. The van der Waals surface area contributed by atoms with Gasteiger partial charge in [0.15, 0.2) is 0 Å². The van der Waals surface area contributed by atoms with Crippen LogP contribution in [0.15, 0.2) is 24.3 Å². The van der Waals surface area contributed by atoms with Crippen LogP contribution in [0, 0.1) is 0 Å². The van der Waals surface area contributed by atoms with Crippen molar-refractivity contribution < 1.29 is 19.1 Å². The van der Waals surface area contributed by atoms with E-state index >= 15 is 0 Å². The molecule has 0 saturated heterocycles. The Morgan fingerprint density at radius 1 is 1.05 bits per heavy atom. The first-order valence-electron chi connectivity index (χ1n) is 6.96. The number of hydrogen-bond donors (Lipinski definition) is 2. The van der Waals surface area contributed by atoms with Gasteiger partial charge in [-0.25, -0.2) is 0 Å². The van der Waals surface area contributed by atoms with Gasteiger partial charge in [-0.3, -0.25) is 9.59 Å². The molecular formula is C15H21ClN2O4. The molecule has 7 heteroatoms. The van der Waals surface area contributed by atoms with Crippen molar-refractivity contribution in [2.75, 3.05) is 40.0 Å². The summed E-state index contributed by atoms with van der Waals surface area (Å²) < 4.78 is 9.86. The minimum absolute atomic E-state index is 0.0118. The number of carbonyl (C=O) groups is 2. The number of halogens is 1. The van der Waals surface area contributed by atoms with Crippen molar-refractivity contribution in [1.82, 2.24) is 10.6 Å². The van der Waals surface area contributed by atoms with Crippen molar-refractivity contribution in [1.29, 1.82) is 0 Å². The van der Waals surface area contributed by atoms with Crippen molar-refractivity contribution in [2.24, 2.45) is 0 Å². The van der Waals surface area contributed by atoms with Gasteiger partial charge in [-0.2, -0.15) is 0 Å². The standard InChI is InChI=1S/C15H21ClN2O4/c1-21-8-9-22-11-15(20)18-7-6-17-14(19)10-12-2-4-13(16)5-3-12/h2-5H,6-11H2,1H3,(H,17,19)(H,18,20). The third-order valence-corrected chi connectivity index (χ3v) is 2.96. The molecule has 1 aromatic rings. The van der Waals surface area contributed by atoms with Crippen LogP contribution in [0.1, 0.15) is 5.56 Å². The van der Waals surface area contributed by atoms with Crippen molar-refractivity contribution >= 4 is 23.4 Å². The molecule has 6 nitrogen and oxygen atoms in total. The van der Waals surface area contributed by atoms with Crippen LogP contribution in [-0.4, -0.2) is 51.8 Å². The van der Waals surface area contributed by atoms with E-state index in [1.165, 1.54) is 0 Å². The summed E-state index contributed by atoms with van der Waals surface area (Å²) in [6, 6.07) is 7.10. The molecule has 1 rings (SSSR count). The van der Waals surface area contributed by atoms with E-state index in [9.17, 15) is 9.59 Å². The van der Waals surface area contributed by atoms with E-state index < -0.39 is 0 Å². The highest BCUT2D eigenvalue weighted by molar-refractivity contribution is 6.30. The van der Waals surface area contributed by atoms with Crippen molar-refractivity contribution in [2.45, 2.75) is 6.42 Å². The number of methoxy groups -OCH3 is 1. The van der Waals surface area contributed by atoms with E-state index in [4.69, 9.17) is 21.1 Å². The van der Waals surface area contributed by atoms with Gasteiger partial charge in [-0.05, 0) is 17.7 Å². The number of ether oxygens (including phenoxy) is 2. The fourth-order valence-corrected chi connectivity index (χ4v) is 1.74. The number of carbonyl (C=O) groups excluding carboxylic acids is 2. The summed E-state index contributed by atoms with van der Waals surface area (Å²) in [7, 11) is 1.57. The lowest BCUT2D eigenvalue weighted by Gasteiger charge is -2.08. The van der Waals surface area contributed by atoms with E-state index in [-0.39, 0.29) is 24.8 Å². The summed E-state index contributed by atoms with van der Waals surface area (Å²) >= 11 is 5.78. The lowest BCUT2D eigenvalue weighted by Crippen LogP contribution is -2.36. The van der Waals surface area contributed by atoms with E-state index in [2.05, 4.69) is 10.6 Å². The average molecular weight is 329 g/mol. The SMILES string of the molecule is COCCOCC(=O)NCCNC(=O)Cc1ccc(Cl)cc1. The molecule has 2 amide bonds. The maximum absolute atomic E-state index is 11.7. The normalized spacial score (nSPS) is 10.3. The van der Waals surface area contributed by atoms with Gasteiger partial charge in [0.2, 0.25) is 11.8 Å². The quantitative estimate of drug-likeness (QED) is 0.622. The molecule has 0 aliphatic rings. The van der Waals surface area contributed by atoms with E-state index in [1.807, 2.05) is 0 Å². The monoisotopic (exact) mass is 328 g/mol. The Kier molecular flexibility index (Phi) is 9.21. The maximum Gasteiger partial charge on any atom is 0.246 e. The van der Waals surface area contributed by atoms with E-state index in [0.717, 1.165) is 5.56 Å². The van der Waals surface area contributed by atoms with Gasteiger partial charge in [-0.1, -0.05) is 23.7 Å². The van der Waals surface area contributed by atoms with E-state index in [0.29, 0.717) is 31.3 Å². The predicted molar refractivity (Wildman–Crippen MR) is 83.9 cm³/mol. The molecule has 122 valence electrons. The smallest absolute Gasteiger partial charge is 0.246 e. The summed E-state index contributed by atoms with van der Waals surface area (Å²) in [4.78, 5) is 23.1. The Labute approximate surface area is 135 Å². The number of hydrogen-bond acceptors (Lipinski definition) is 4. The van der Waals surface area contributed by atoms with Gasteiger partial charge in [0.05, 0.1) is 19.6 Å². The Balaban J connectivity index is 2.07. The van der Waals surface area contributed by atoms with Gasteiger partial charge in [0, 0.05) is 25.2 Å². The Hall–Kier alpha value is -1.63. The maximum atomic E-state index is 11.7. The fourth-order valence-electron chi connectivity index (χ4n) is 1.61. The molecule has 0 aliphatic carbocycles. The van der Waals surface area contributed by atoms with Crippen LogP contribution in [0.5, 0.6) is 0 Å². The summed E-state index contributed by atoms with van der Waals surface area (Å²) in [5.41, 5.74) is 0.887. The van der Waals surface area contributed by atoms with Crippen LogP contribution in [-0.2, 0) is 25.5 Å². The zero-order chi connectivity index (χ0) is 16.2. The lowest BCUT2D eigenvalue weighted by atomic mass is 10.1. The summed E-state index contributed by atoms with van der Waals surface area (Å²) in [6.07, 6.45) is 0.283. The molecule has 22 heavy (non-hydrogen) atoms. The number of rotatable bonds is 10. The molecule has 2 N–H and O–H groups in total. The molecule has 0 atom stereocenters. The number of amides is 2. The zero-order valence-electron chi connectivity index (χ0n) is 12.6. The van der Waals surface area contributed by atoms with Crippen LogP contribution in [0.25, 0.3) is 0 Å². The minimum atomic E-state index is -0.219. The van der Waals surface area contributed by atoms with Gasteiger partial charge in [-0.15, -0.1) is 0 Å². The molecule has 0 bridgehead atoms. The van der Waals surface area contributed by atoms with Crippen molar-refractivity contribution in [3.63, 3.8) is 0 Å². The van der Waals surface area contributed by atoms with Crippen molar-refractivity contribution in [3.05, 3.63) is 34.9 Å². The van der Waals surface area contributed by atoms with E-state index in [1.54, 1.807) is 31.4 Å². The van der Waals surface area contributed by atoms with Gasteiger partial charge in [0.25, 0.3) is 0 Å².